The van der Waals surface area contributed by atoms with E-state index < -0.39 is 17.4 Å². The second kappa shape index (κ2) is 5.97. The summed E-state index contributed by atoms with van der Waals surface area (Å²) in [5.74, 6) is -1.33. The summed E-state index contributed by atoms with van der Waals surface area (Å²) in [5, 5.41) is 0.281. The van der Waals surface area contributed by atoms with Gasteiger partial charge >= 0.3 is 11.9 Å². The molecule has 0 spiro atoms. The number of hydrogen-bond donors (Lipinski definition) is 1. The molecule has 110 valence electrons. The van der Waals surface area contributed by atoms with Crippen LogP contribution in [0.4, 0.5) is 0 Å². The Hall–Kier alpha value is -2.34. The molecule has 0 aliphatic heterocycles. The third-order valence-electron chi connectivity index (χ3n) is 2.84. The predicted octanol–water partition coefficient (Wildman–Crippen LogP) is 2.14. The lowest BCUT2D eigenvalue weighted by molar-refractivity contribution is 0.0519. The molecule has 6 nitrogen and oxygen atoms in total. The fraction of sp³-hybridized carbons (Fsp3) is 0.214. The molecule has 0 saturated heterocycles. The fourth-order valence-corrected chi connectivity index (χ4v) is 2.13. The van der Waals surface area contributed by atoms with Gasteiger partial charge in [0.25, 0.3) is 0 Å². The van der Waals surface area contributed by atoms with Crippen molar-refractivity contribution in [2.75, 3.05) is 13.7 Å². The van der Waals surface area contributed by atoms with Gasteiger partial charge in [0.1, 0.15) is 5.69 Å². The molecular weight excluding hydrogens is 298 g/mol. The van der Waals surface area contributed by atoms with E-state index in [2.05, 4.69) is 9.72 Å². The zero-order chi connectivity index (χ0) is 15.6. The molecule has 7 heteroatoms. The van der Waals surface area contributed by atoms with Crippen LogP contribution in [0.3, 0.4) is 0 Å². The fourth-order valence-electron chi connectivity index (χ4n) is 1.93. The Bertz CT molecular complexity index is 781. The number of aromatic nitrogens is 1. The summed E-state index contributed by atoms with van der Waals surface area (Å²) in [7, 11) is 1.21. The standard InChI is InChI=1S/C14H12ClNO5/c1-3-21-14(19)9-6-10(17)11-7(13(18)20-2)4-5-8(15)12(11)16-9/h4-6H,3H2,1-2H3,(H,16,17). The quantitative estimate of drug-likeness (QED) is 0.878. The molecule has 1 aromatic carbocycles. The summed E-state index contributed by atoms with van der Waals surface area (Å²) in [6.07, 6.45) is 0. The van der Waals surface area contributed by atoms with Gasteiger partial charge in [-0.15, -0.1) is 0 Å². The van der Waals surface area contributed by atoms with Gasteiger partial charge in [-0.1, -0.05) is 11.6 Å². The maximum absolute atomic E-state index is 12.2. The van der Waals surface area contributed by atoms with E-state index in [0.29, 0.717) is 0 Å². The zero-order valence-corrected chi connectivity index (χ0v) is 12.1. The molecule has 0 radical (unpaired) electrons. The van der Waals surface area contributed by atoms with Gasteiger partial charge in [-0.3, -0.25) is 4.79 Å². The molecule has 1 aromatic heterocycles. The van der Waals surface area contributed by atoms with Crippen LogP contribution < -0.4 is 5.43 Å². The first kappa shape index (κ1) is 15.1. The number of carbonyl (C=O) groups is 2. The number of hydrogen-bond acceptors (Lipinski definition) is 5. The highest BCUT2D eigenvalue weighted by Gasteiger charge is 2.18. The Balaban J connectivity index is 2.76. The Morgan fingerprint density at radius 1 is 1.29 bits per heavy atom. The smallest absolute Gasteiger partial charge is 0.354 e. The molecular formula is C14H12ClNO5. The van der Waals surface area contributed by atoms with E-state index in [1.54, 1.807) is 6.92 Å². The summed E-state index contributed by atoms with van der Waals surface area (Å²) >= 11 is 6.03. The number of aromatic amines is 1. The molecule has 0 bridgehead atoms. The Kier molecular flexibility index (Phi) is 4.28. The number of carbonyl (C=O) groups excluding carboxylic acids is 2. The van der Waals surface area contributed by atoms with E-state index in [4.69, 9.17) is 16.3 Å². The van der Waals surface area contributed by atoms with E-state index >= 15 is 0 Å². The first-order valence-electron chi connectivity index (χ1n) is 6.10. The monoisotopic (exact) mass is 309 g/mol. The van der Waals surface area contributed by atoms with Crippen LogP contribution >= 0.6 is 11.6 Å². The average Bonchev–Trinajstić information content (AvgIpc) is 2.47. The van der Waals surface area contributed by atoms with Crippen LogP contribution in [-0.4, -0.2) is 30.6 Å². The number of esters is 2. The van der Waals surface area contributed by atoms with E-state index in [0.717, 1.165) is 6.07 Å². The van der Waals surface area contributed by atoms with Gasteiger partial charge in [0.15, 0.2) is 5.43 Å². The van der Waals surface area contributed by atoms with Crippen LogP contribution in [-0.2, 0) is 9.47 Å². The van der Waals surface area contributed by atoms with Gasteiger partial charge in [-0.05, 0) is 19.1 Å². The lowest BCUT2D eigenvalue weighted by Crippen LogP contribution is -2.15. The largest absolute Gasteiger partial charge is 0.465 e. The number of H-pyrrole nitrogens is 1. The highest BCUT2D eigenvalue weighted by atomic mass is 35.5. The minimum atomic E-state index is -0.670. The van der Waals surface area contributed by atoms with Crippen molar-refractivity contribution in [3.63, 3.8) is 0 Å². The average molecular weight is 310 g/mol. The predicted molar refractivity (Wildman–Crippen MR) is 76.9 cm³/mol. The second-order valence-electron chi connectivity index (χ2n) is 4.10. The Labute approximate surface area is 124 Å². The lowest BCUT2D eigenvalue weighted by atomic mass is 10.1. The van der Waals surface area contributed by atoms with Crippen LogP contribution in [0.5, 0.6) is 0 Å². The number of rotatable bonds is 3. The minimum absolute atomic E-state index is 0.0294. The maximum atomic E-state index is 12.2. The molecule has 0 atom stereocenters. The normalized spacial score (nSPS) is 10.4. The van der Waals surface area contributed by atoms with Crippen LogP contribution in [0.1, 0.15) is 27.8 Å². The first-order valence-corrected chi connectivity index (χ1v) is 6.48. The third-order valence-corrected chi connectivity index (χ3v) is 3.15. The van der Waals surface area contributed by atoms with E-state index in [1.807, 2.05) is 0 Å². The van der Waals surface area contributed by atoms with Gasteiger partial charge in [0.2, 0.25) is 0 Å². The minimum Gasteiger partial charge on any atom is -0.465 e. The van der Waals surface area contributed by atoms with Crippen molar-refractivity contribution in [1.29, 1.82) is 0 Å². The molecule has 0 aliphatic carbocycles. The molecule has 0 aliphatic rings. The molecule has 0 amide bonds. The second-order valence-corrected chi connectivity index (χ2v) is 4.51. The summed E-state index contributed by atoms with van der Waals surface area (Å²) in [6.45, 7) is 1.83. The summed E-state index contributed by atoms with van der Waals surface area (Å²) in [5.41, 5.74) is -0.281. The van der Waals surface area contributed by atoms with Crippen molar-refractivity contribution in [2.24, 2.45) is 0 Å². The molecule has 0 unspecified atom stereocenters. The number of fused-ring (bicyclic) bond motifs is 1. The highest BCUT2D eigenvalue weighted by Crippen LogP contribution is 2.23. The topological polar surface area (TPSA) is 85.5 Å². The summed E-state index contributed by atoms with van der Waals surface area (Å²) < 4.78 is 9.46. The first-order chi connectivity index (χ1) is 9.99. The van der Waals surface area contributed by atoms with Gasteiger partial charge in [0, 0.05) is 6.07 Å². The Morgan fingerprint density at radius 2 is 2.00 bits per heavy atom. The molecule has 21 heavy (non-hydrogen) atoms. The Morgan fingerprint density at radius 3 is 2.62 bits per heavy atom. The number of pyridine rings is 1. The van der Waals surface area contributed by atoms with E-state index in [9.17, 15) is 14.4 Å². The van der Waals surface area contributed by atoms with Crippen LogP contribution in [0.15, 0.2) is 23.0 Å². The maximum Gasteiger partial charge on any atom is 0.354 e. The van der Waals surface area contributed by atoms with E-state index in [-0.39, 0.29) is 33.8 Å². The number of benzene rings is 1. The third kappa shape index (κ3) is 2.75. The van der Waals surface area contributed by atoms with Crippen molar-refractivity contribution < 1.29 is 19.1 Å². The van der Waals surface area contributed by atoms with Gasteiger partial charge in [0.05, 0.1) is 35.2 Å². The van der Waals surface area contributed by atoms with Crippen LogP contribution in [0.2, 0.25) is 5.02 Å². The van der Waals surface area contributed by atoms with Crippen molar-refractivity contribution in [1.82, 2.24) is 4.98 Å². The lowest BCUT2D eigenvalue weighted by Gasteiger charge is -2.08. The van der Waals surface area contributed by atoms with Gasteiger partial charge in [-0.2, -0.15) is 0 Å². The molecule has 2 aromatic rings. The number of ether oxygens (including phenoxy) is 2. The number of halogens is 1. The van der Waals surface area contributed by atoms with Crippen molar-refractivity contribution in [3.05, 3.63) is 44.7 Å². The molecule has 1 heterocycles. The van der Waals surface area contributed by atoms with Crippen LogP contribution in [0, 0.1) is 0 Å². The van der Waals surface area contributed by atoms with Gasteiger partial charge < -0.3 is 14.5 Å². The molecule has 0 saturated carbocycles. The van der Waals surface area contributed by atoms with Crippen LogP contribution in [0.25, 0.3) is 10.9 Å². The highest BCUT2D eigenvalue weighted by molar-refractivity contribution is 6.35. The SMILES string of the molecule is CCOC(=O)c1cc(=O)c2c(C(=O)OC)ccc(Cl)c2[nH]1. The van der Waals surface area contributed by atoms with Gasteiger partial charge in [-0.25, -0.2) is 9.59 Å². The van der Waals surface area contributed by atoms with Crippen molar-refractivity contribution in [2.45, 2.75) is 6.92 Å². The number of methoxy groups -OCH3 is 1. The molecule has 0 fully saturated rings. The summed E-state index contributed by atoms with van der Waals surface area (Å²) in [6, 6.07) is 3.92. The van der Waals surface area contributed by atoms with Crippen molar-refractivity contribution >= 4 is 34.4 Å². The van der Waals surface area contributed by atoms with E-state index in [1.165, 1.54) is 19.2 Å². The molecule has 1 N–H and O–H groups in total. The van der Waals surface area contributed by atoms with Crippen molar-refractivity contribution in [3.8, 4) is 0 Å². The molecule has 2 rings (SSSR count). The number of nitrogens with one attached hydrogen (secondary N) is 1. The zero-order valence-electron chi connectivity index (χ0n) is 11.4. The summed E-state index contributed by atoms with van der Waals surface area (Å²) in [4.78, 5) is 38.3.